The molecule has 0 bridgehead atoms. The summed E-state index contributed by atoms with van der Waals surface area (Å²) in [7, 11) is 0. The van der Waals surface area contributed by atoms with Crippen LogP contribution in [0.15, 0.2) is 24.3 Å². The summed E-state index contributed by atoms with van der Waals surface area (Å²) in [6, 6.07) is 7.16. The molecule has 1 aromatic rings. The average molecular weight is 215 g/mol. The van der Waals surface area contributed by atoms with Crippen molar-refractivity contribution in [2.45, 2.75) is 13.3 Å². The van der Waals surface area contributed by atoms with Crippen LogP contribution in [0.1, 0.15) is 29.3 Å². The van der Waals surface area contributed by atoms with Crippen LogP contribution in [0.25, 0.3) is 0 Å². The molecular weight excluding hydrogens is 202 g/mol. The van der Waals surface area contributed by atoms with Crippen molar-refractivity contribution in [2.75, 3.05) is 6.54 Å². The zero-order valence-corrected chi connectivity index (χ0v) is 9.12. The first-order valence-corrected chi connectivity index (χ1v) is 5.01. The fraction of sp³-hybridized carbons (Fsp3) is 0.231. The van der Waals surface area contributed by atoms with Gasteiger partial charge in [-0.05, 0) is 6.07 Å². The molecule has 0 saturated carbocycles. The van der Waals surface area contributed by atoms with Gasteiger partial charge in [0.25, 0.3) is 0 Å². The van der Waals surface area contributed by atoms with Crippen molar-refractivity contribution in [3.8, 4) is 11.8 Å². The van der Waals surface area contributed by atoms with E-state index in [0.29, 0.717) is 18.5 Å². The molecule has 3 heteroatoms. The van der Waals surface area contributed by atoms with Crippen LogP contribution in [0.3, 0.4) is 0 Å². The zero-order valence-electron chi connectivity index (χ0n) is 9.12. The summed E-state index contributed by atoms with van der Waals surface area (Å²) >= 11 is 0. The lowest BCUT2D eigenvalue weighted by molar-refractivity contribution is -0.118. The number of carbonyl (C=O) groups is 2. The van der Waals surface area contributed by atoms with Crippen molar-refractivity contribution in [1.82, 2.24) is 5.32 Å². The first-order chi connectivity index (χ1) is 7.74. The molecule has 0 saturated heterocycles. The van der Waals surface area contributed by atoms with Gasteiger partial charge in [-0.15, -0.1) is 0 Å². The molecule has 0 radical (unpaired) electrons. The lowest BCUT2D eigenvalue weighted by Crippen LogP contribution is -2.20. The summed E-state index contributed by atoms with van der Waals surface area (Å²) < 4.78 is 0. The standard InChI is InChI=1S/C13H13NO2/c1-11(16)14-9-5-4-7-12-6-2-3-8-13(12)10-15/h2-3,6,8,10H,5,9H2,1H3,(H,14,16). The van der Waals surface area contributed by atoms with Crippen LogP contribution in [-0.2, 0) is 4.79 Å². The Labute approximate surface area is 94.9 Å². The number of rotatable bonds is 3. The number of hydrogen-bond donors (Lipinski definition) is 1. The molecule has 0 aliphatic rings. The molecule has 1 N–H and O–H groups in total. The molecular formula is C13H13NO2. The van der Waals surface area contributed by atoms with E-state index >= 15 is 0 Å². The Morgan fingerprint density at radius 1 is 1.44 bits per heavy atom. The molecule has 0 fully saturated rings. The van der Waals surface area contributed by atoms with Gasteiger partial charge < -0.3 is 5.32 Å². The molecule has 0 aliphatic heterocycles. The van der Waals surface area contributed by atoms with Gasteiger partial charge in [0.1, 0.15) is 0 Å². The predicted molar refractivity (Wildman–Crippen MR) is 62.0 cm³/mol. The number of carbonyl (C=O) groups excluding carboxylic acids is 2. The highest BCUT2D eigenvalue weighted by atomic mass is 16.1. The number of nitrogens with one attached hydrogen (secondary N) is 1. The molecule has 0 aromatic heterocycles. The number of amides is 1. The Balaban J connectivity index is 2.56. The summed E-state index contributed by atoms with van der Waals surface area (Å²) in [6.45, 7) is 2.00. The van der Waals surface area contributed by atoms with Gasteiger partial charge in [0, 0.05) is 31.0 Å². The molecule has 0 unspecified atom stereocenters. The molecule has 82 valence electrons. The molecule has 1 rings (SSSR count). The highest BCUT2D eigenvalue weighted by molar-refractivity contribution is 5.79. The van der Waals surface area contributed by atoms with E-state index in [4.69, 9.17) is 0 Å². The Bertz CT molecular complexity index is 441. The Hall–Kier alpha value is -2.08. The molecule has 0 aliphatic carbocycles. The van der Waals surface area contributed by atoms with E-state index < -0.39 is 0 Å². The summed E-state index contributed by atoms with van der Waals surface area (Å²) in [5, 5.41) is 2.65. The summed E-state index contributed by atoms with van der Waals surface area (Å²) in [5.41, 5.74) is 1.31. The smallest absolute Gasteiger partial charge is 0.216 e. The molecule has 16 heavy (non-hydrogen) atoms. The third kappa shape index (κ3) is 3.97. The van der Waals surface area contributed by atoms with Crippen molar-refractivity contribution in [3.05, 3.63) is 35.4 Å². The van der Waals surface area contributed by atoms with Crippen molar-refractivity contribution < 1.29 is 9.59 Å². The lowest BCUT2D eigenvalue weighted by atomic mass is 10.1. The quantitative estimate of drug-likeness (QED) is 0.470. The minimum absolute atomic E-state index is 0.0601. The van der Waals surface area contributed by atoms with Crippen LogP contribution in [0, 0.1) is 11.8 Å². The number of aldehydes is 1. The molecule has 1 amide bonds. The molecule has 0 spiro atoms. The van der Waals surface area contributed by atoms with Gasteiger partial charge in [-0.25, -0.2) is 0 Å². The van der Waals surface area contributed by atoms with E-state index in [1.807, 2.05) is 6.07 Å². The molecule has 3 nitrogen and oxygen atoms in total. The maximum absolute atomic E-state index is 10.7. The summed E-state index contributed by atoms with van der Waals surface area (Å²) in [4.78, 5) is 21.3. The van der Waals surface area contributed by atoms with Gasteiger partial charge in [0.05, 0.1) is 0 Å². The minimum Gasteiger partial charge on any atom is -0.355 e. The van der Waals surface area contributed by atoms with E-state index in [2.05, 4.69) is 17.2 Å². The highest BCUT2D eigenvalue weighted by Crippen LogP contribution is 2.03. The second kappa shape index (κ2) is 6.41. The van der Waals surface area contributed by atoms with Gasteiger partial charge in [-0.2, -0.15) is 0 Å². The fourth-order valence-corrected chi connectivity index (χ4v) is 1.17. The van der Waals surface area contributed by atoms with E-state index in [-0.39, 0.29) is 5.91 Å². The van der Waals surface area contributed by atoms with Gasteiger partial charge in [-0.3, -0.25) is 9.59 Å². The van der Waals surface area contributed by atoms with Crippen LogP contribution in [0.2, 0.25) is 0 Å². The van der Waals surface area contributed by atoms with Crippen molar-refractivity contribution in [2.24, 2.45) is 0 Å². The van der Waals surface area contributed by atoms with Crippen LogP contribution in [0.5, 0.6) is 0 Å². The van der Waals surface area contributed by atoms with E-state index in [9.17, 15) is 9.59 Å². The van der Waals surface area contributed by atoms with Gasteiger partial charge >= 0.3 is 0 Å². The molecule has 0 atom stereocenters. The third-order valence-electron chi connectivity index (χ3n) is 1.93. The van der Waals surface area contributed by atoms with E-state index in [1.165, 1.54) is 6.92 Å². The largest absolute Gasteiger partial charge is 0.355 e. The van der Waals surface area contributed by atoms with E-state index in [0.717, 1.165) is 11.8 Å². The summed E-state index contributed by atoms with van der Waals surface area (Å²) in [5.74, 6) is 5.75. The van der Waals surface area contributed by atoms with Crippen LogP contribution in [-0.4, -0.2) is 18.7 Å². The maximum atomic E-state index is 10.7. The van der Waals surface area contributed by atoms with Crippen LogP contribution < -0.4 is 5.32 Å². The topological polar surface area (TPSA) is 46.2 Å². The first-order valence-electron chi connectivity index (χ1n) is 5.01. The van der Waals surface area contributed by atoms with Gasteiger partial charge in [0.15, 0.2) is 6.29 Å². The SMILES string of the molecule is CC(=O)NCCC#Cc1ccccc1C=O. The van der Waals surface area contributed by atoms with Crippen LogP contribution in [0.4, 0.5) is 0 Å². The van der Waals surface area contributed by atoms with Crippen molar-refractivity contribution in [3.63, 3.8) is 0 Å². The molecule has 1 aromatic carbocycles. The predicted octanol–water partition coefficient (Wildman–Crippen LogP) is 1.38. The first kappa shape index (κ1) is 12.0. The van der Waals surface area contributed by atoms with Crippen molar-refractivity contribution >= 4 is 12.2 Å². The van der Waals surface area contributed by atoms with Crippen LogP contribution >= 0.6 is 0 Å². The lowest BCUT2D eigenvalue weighted by Gasteiger charge is -1.96. The Morgan fingerprint density at radius 3 is 2.88 bits per heavy atom. The van der Waals surface area contributed by atoms with Gasteiger partial charge in [0.2, 0.25) is 5.91 Å². The second-order valence-electron chi connectivity index (χ2n) is 3.24. The monoisotopic (exact) mass is 215 g/mol. The second-order valence-corrected chi connectivity index (χ2v) is 3.24. The average Bonchev–Trinajstić information content (AvgIpc) is 2.29. The van der Waals surface area contributed by atoms with E-state index in [1.54, 1.807) is 18.2 Å². The molecule has 0 heterocycles. The Morgan fingerprint density at radius 2 is 2.19 bits per heavy atom. The summed E-state index contributed by atoms with van der Waals surface area (Å²) in [6.07, 6.45) is 1.37. The minimum atomic E-state index is -0.0601. The van der Waals surface area contributed by atoms with Gasteiger partial charge in [-0.1, -0.05) is 30.0 Å². The third-order valence-corrected chi connectivity index (χ3v) is 1.93. The zero-order chi connectivity index (χ0) is 11.8. The fourth-order valence-electron chi connectivity index (χ4n) is 1.17. The Kier molecular flexibility index (Phi) is 4.81. The van der Waals surface area contributed by atoms with Crippen molar-refractivity contribution in [1.29, 1.82) is 0 Å². The normalized spacial score (nSPS) is 8.81. The number of benzene rings is 1. The highest BCUT2D eigenvalue weighted by Gasteiger charge is 1.94. The maximum Gasteiger partial charge on any atom is 0.216 e. The number of hydrogen-bond acceptors (Lipinski definition) is 2.